The van der Waals surface area contributed by atoms with Crippen LogP contribution in [0.1, 0.15) is 21.5 Å². The first-order chi connectivity index (χ1) is 11.7. The SMILES string of the molecule is COCCNC(=O)c1ccc(N2CCc3cc(F)ccc3C2)nc1. The molecule has 0 spiro atoms. The number of rotatable bonds is 5. The van der Waals surface area contributed by atoms with Gasteiger partial charge in [-0.05, 0) is 41.8 Å². The van der Waals surface area contributed by atoms with Crippen molar-refractivity contribution >= 4 is 11.7 Å². The van der Waals surface area contributed by atoms with Crippen LogP contribution in [0.15, 0.2) is 36.5 Å². The van der Waals surface area contributed by atoms with Crippen LogP contribution in [-0.2, 0) is 17.7 Å². The number of aromatic nitrogens is 1. The number of carbonyl (C=O) groups is 1. The Morgan fingerprint density at radius 1 is 1.33 bits per heavy atom. The molecule has 1 aromatic carbocycles. The molecule has 0 radical (unpaired) electrons. The normalized spacial score (nSPS) is 13.5. The summed E-state index contributed by atoms with van der Waals surface area (Å²) in [4.78, 5) is 18.5. The van der Waals surface area contributed by atoms with Gasteiger partial charge >= 0.3 is 0 Å². The Kier molecular flexibility index (Phi) is 5.05. The van der Waals surface area contributed by atoms with Crippen molar-refractivity contribution < 1.29 is 13.9 Å². The van der Waals surface area contributed by atoms with Crippen LogP contribution in [0.5, 0.6) is 0 Å². The molecule has 0 atom stereocenters. The standard InChI is InChI=1S/C18H20FN3O2/c1-24-9-7-20-18(23)14-3-5-17(21-11-14)22-8-6-13-10-16(19)4-2-15(13)12-22/h2-5,10-11H,6-9,12H2,1H3,(H,20,23). The quantitative estimate of drug-likeness (QED) is 0.854. The number of halogens is 1. The Hall–Kier alpha value is -2.47. The minimum Gasteiger partial charge on any atom is -0.383 e. The third-order valence-corrected chi connectivity index (χ3v) is 4.11. The van der Waals surface area contributed by atoms with Crippen LogP contribution >= 0.6 is 0 Å². The van der Waals surface area contributed by atoms with E-state index in [4.69, 9.17) is 4.74 Å². The van der Waals surface area contributed by atoms with Gasteiger partial charge in [0.15, 0.2) is 0 Å². The summed E-state index contributed by atoms with van der Waals surface area (Å²) in [6.07, 6.45) is 2.37. The molecule has 24 heavy (non-hydrogen) atoms. The number of fused-ring (bicyclic) bond motifs is 1. The Morgan fingerprint density at radius 3 is 2.96 bits per heavy atom. The number of hydrogen-bond acceptors (Lipinski definition) is 4. The minimum absolute atomic E-state index is 0.162. The lowest BCUT2D eigenvalue weighted by atomic mass is 9.99. The smallest absolute Gasteiger partial charge is 0.252 e. The minimum atomic E-state index is -0.191. The molecule has 2 aromatic rings. The highest BCUT2D eigenvalue weighted by atomic mass is 19.1. The van der Waals surface area contributed by atoms with Crippen LogP contribution in [0.2, 0.25) is 0 Å². The number of hydrogen-bond donors (Lipinski definition) is 1. The van der Waals surface area contributed by atoms with Crippen molar-refractivity contribution in [2.24, 2.45) is 0 Å². The number of carbonyl (C=O) groups excluding carboxylic acids is 1. The van der Waals surface area contributed by atoms with Crippen LogP contribution in [0.25, 0.3) is 0 Å². The maximum Gasteiger partial charge on any atom is 0.252 e. The van der Waals surface area contributed by atoms with Gasteiger partial charge in [-0.15, -0.1) is 0 Å². The van der Waals surface area contributed by atoms with E-state index in [9.17, 15) is 9.18 Å². The molecule has 1 N–H and O–H groups in total. The highest BCUT2D eigenvalue weighted by Gasteiger charge is 2.18. The molecule has 0 saturated carbocycles. The largest absolute Gasteiger partial charge is 0.383 e. The zero-order valence-electron chi connectivity index (χ0n) is 13.6. The number of nitrogens with zero attached hydrogens (tertiary/aromatic N) is 2. The molecule has 0 aliphatic carbocycles. The van der Waals surface area contributed by atoms with Crippen LogP contribution in [0.4, 0.5) is 10.2 Å². The van der Waals surface area contributed by atoms with Gasteiger partial charge in [0.25, 0.3) is 5.91 Å². The summed E-state index contributed by atoms with van der Waals surface area (Å²) in [5, 5.41) is 2.76. The molecule has 2 heterocycles. The third-order valence-electron chi connectivity index (χ3n) is 4.11. The fourth-order valence-corrected chi connectivity index (χ4v) is 2.79. The van der Waals surface area contributed by atoms with E-state index in [2.05, 4.69) is 15.2 Å². The predicted octanol–water partition coefficient (Wildman–Crippen LogP) is 2.16. The summed E-state index contributed by atoms with van der Waals surface area (Å²) >= 11 is 0. The lowest BCUT2D eigenvalue weighted by molar-refractivity contribution is 0.0937. The van der Waals surface area contributed by atoms with Gasteiger partial charge in [0.2, 0.25) is 0 Å². The molecule has 1 aliphatic rings. The molecule has 0 bridgehead atoms. The molecule has 5 nitrogen and oxygen atoms in total. The summed E-state index contributed by atoms with van der Waals surface area (Å²) in [6, 6.07) is 8.54. The zero-order valence-corrected chi connectivity index (χ0v) is 13.6. The highest BCUT2D eigenvalue weighted by Crippen LogP contribution is 2.23. The fraction of sp³-hybridized carbons (Fsp3) is 0.333. The van der Waals surface area contributed by atoms with Gasteiger partial charge in [-0.25, -0.2) is 9.37 Å². The molecule has 6 heteroatoms. The summed E-state index contributed by atoms with van der Waals surface area (Å²) in [7, 11) is 1.59. The topological polar surface area (TPSA) is 54.5 Å². The Labute approximate surface area is 140 Å². The first-order valence-electron chi connectivity index (χ1n) is 7.93. The maximum atomic E-state index is 13.3. The first kappa shape index (κ1) is 16.4. The predicted molar refractivity (Wildman–Crippen MR) is 89.6 cm³/mol. The molecule has 1 aromatic heterocycles. The number of anilines is 1. The molecule has 0 saturated heterocycles. The molecular weight excluding hydrogens is 309 g/mol. The van der Waals surface area contributed by atoms with Gasteiger partial charge in [-0.2, -0.15) is 0 Å². The van der Waals surface area contributed by atoms with E-state index < -0.39 is 0 Å². The average molecular weight is 329 g/mol. The van der Waals surface area contributed by atoms with Crippen LogP contribution in [0, 0.1) is 5.82 Å². The lowest BCUT2D eigenvalue weighted by Crippen LogP contribution is -2.31. The van der Waals surface area contributed by atoms with Crippen molar-refractivity contribution in [1.82, 2.24) is 10.3 Å². The number of benzene rings is 1. The number of pyridine rings is 1. The van der Waals surface area contributed by atoms with E-state index >= 15 is 0 Å². The third kappa shape index (κ3) is 3.71. The van der Waals surface area contributed by atoms with Crippen LogP contribution in [-0.4, -0.2) is 37.7 Å². The van der Waals surface area contributed by atoms with Gasteiger partial charge in [-0.3, -0.25) is 4.79 Å². The molecule has 1 aliphatic heterocycles. The zero-order chi connectivity index (χ0) is 16.9. The monoisotopic (exact) mass is 329 g/mol. The Bertz CT molecular complexity index is 719. The van der Waals surface area contributed by atoms with Gasteiger partial charge in [-0.1, -0.05) is 6.07 Å². The number of ether oxygens (including phenoxy) is 1. The van der Waals surface area contributed by atoms with E-state index in [-0.39, 0.29) is 11.7 Å². The molecule has 1 amide bonds. The number of methoxy groups -OCH3 is 1. The molecule has 3 rings (SSSR count). The van der Waals surface area contributed by atoms with Crippen molar-refractivity contribution in [2.75, 3.05) is 31.7 Å². The molecule has 126 valence electrons. The van der Waals surface area contributed by atoms with E-state index in [1.807, 2.05) is 12.1 Å². The fourth-order valence-electron chi connectivity index (χ4n) is 2.79. The molecule has 0 unspecified atom stereocenters. The molecule has 0 fully saturated rings. The summed E-state index contributed by atoms with van der Waals surface area (Å²) in [5.41, 5.74) is 2.69. The Morgan fingerprint density at radius 2 is 2.21 bits per heavy atom. The second-order valence-corrected chi connectivity index (χ2v) is 5.74. The van der Waals surface area contributed by atoms with E-state index in [1.165, 1.54) is 6.07 Å². The summed E-state index contributed by atoms with van der Waals surface area (Å²) < 4.78 is 18.2. The van der Waals surface area contributed by atoms with E-state index in [1.54, 1.807) is 25.4 Å². The van der Waals surface area contributed by atoms with Crippen molar-refractivity contribution in [1.29, 1.82) is 0 Å². The number of amides is 1. The van der Waals surface area contributed by atoms with Gasteiger partial charge in [0.1, 0.15) is 11.6 Å². The lowest BCUT2D eigenvalue weighted by Gasteiger charge is -2.29. The van der Waals surface area contributed by atoms with Crippen molar-refractivity contribution in [3.8, 4) is 0 Å². The first-order valence-corrected chi connectivity index (χ1v) is 7.93. The van der Waals surface area contributed by atoms with Gasteiger partial charge in [0, 0.05) is 32.9 Å². The highest BCUT2D eigenvalue weighted by molar-refractivity contribution is 5.94. The van der Waals surface area contributed by atoms with Crippen molar-refractivity contribution in [2.45, 2.75) is 13.0 Å². The van der Waals surface area contributed by atoms with E-state index in [0.717, 1.165) is 29.9 Å². The Balaban J connectivity index is 1.66. The second-order valence-electron chi connectivity index (χ2n) is 5.74. The second kappa shape index (κ2) is 7.40. The average Bonchev–Trinajstić information content (AvgIpc) is 2.61. The van der Waals surface area contributed by atoms with Crippen LogP contribution in [0.3, 0.4) is 0 Å². The van der Waals surface area contributed by atoms with Gasteiger partial charge < -0.3 is 15.0 Å². The van der Waals surface area contributed by atoms with E-state index in [0.29, 0.717) is 25.3 Å². The summed E-state index contributed by atoms with van der Waals surface area (Å²) in [6.45, 7) is 2.42. The van der Waals surface area contributed by atoms with Gasteiger partial charge in [0.05, 0.1) is 12.2 Å². The van der Waals surface area contributed by atoms with Crippen LogP contribution < -0.4 is 10.2 Å². The molecular formula is C18H20FN3O2. The van der Waals surface area contributed by atoms with Crippen molar-refractivity contribution in [3.05, 3.63) is 59.0 Å². The maximum absolute atomic E-state index is 13.3. The summed E-state index contributed by atoms with van der Waals surface area (Å²) in [5.74, 6) is 0.466. The number of nitrogens with one attached hydrogen (secondary N) is 1. The van der Waals surface area contributed by atoms with Crippen molar-refractivity contribution in [3.63, 3.8) is 0 Å².